The first kappa shape index (κ1) is 13.7. The van der Waals surface area contributed by atoms with E-state index in [0.717, 1.165) is 17.1 Å². The summed E-state index contributed by atoms with van der Waals surface area (Å²) < 4.78 is 10.5. The summed E-state index contributed by atoms with van der Waals surface area (Å²) in [7, 11) is 3.22. The SMILES string of the molecule is COc1ccc(CNc2cc(N)nc(N)n2)c(OC)c1. The Bertz CT molecular complexity index is 583. The first-order valence-electron chi connectivity index (χ1n) is 5.97. The quantitative estimate of drug-likeness (QED) is 0.754. The monoisotopic (exact) mass is 275 g/mol. The van der Waals surface area contributed by atoms with Crippen molar-refractivity contribution in [3.63, 3.8) is 0 Å². The van der Waals surface area contributed by atoms with E-state index in [0.29, 0.717) is 18.2 Å². The summed E-state index contributed by atoms with van der Waals surface area (Å²) in [5.74, 6) is 2.48. The van der Waals surface area contributed by atoms with Gasteiger partial charge in [-0.05, 0) is 12.1 Å². The fraction of sp³-hybridized carbons (Fsp3) is 0.231. The van der Waals surface area contributed by atoms with Gasteiger partial charge in [-0.3, -0.25) is 0 Å². The molecular formula is C13H17N5O2. The van der Waals surface area contributed by atoms with Crippen molar-refractivity contribution in [2.24, 2.45) is 0 Å². The lowest BCUT2D eigenvalue weighted by Gasteiger charge is -2.12. The molecule has 5 N–H and O–H groups in total. The van der Waals surface area contributed by atoms with Crippen molar-refractivity contribution in [3.05, 3.63) is 29.8 Å². The lowest BCUT2D eigenvalue weighted by atomic mass is 10.2. The van der Waals surface area contributed by atoms with Gasteiger partial charge in [0, 0.05) is 24.2 Å². The highest BCUT2D eigenvalue weighted by Crippen LogP contribution is 2.25. The maximum absolute atomic E-state index is 5.61. The summed E-state index contributed by atoms with van der Waals surface area (Å²) in [5.41, 5.74) is 12.1. The molecule has 0 radical (unpaired) electrons. The van der Waals surface area contributed by atoms with E-state index in [1.165, 1.54) is 0 Å². The van der Waals surface area contributed by atoms with Crippen molar-refractivity contribution in [2.75, 3.05) is 31.0 Å². The minimum absolute atomic E-state index is 0.134. The van der Waals surface area contributed by atoms with E-state index in [2.05, 4.69) is 15.3 Å². The van der Waals surface area contributed by atoms with E-state index in [-0.39, 0.29) is 5.95 Å². The van der Waals surface area contributed by atoms with E-state index in [1.807, 2.05) is 18.2 Å². The van der Waals surface area contributed by atoms with Crippen LogP contribution >= 0.6 is 0 Å². The zero-order valence-electron chi connectivity index (χ0n) is 11.4. The van der Waals surface area contributed by atoms with Gasteiger partial charge >= 0.3 is 0 Å². The number of hydrogen-bond acceptors (Lipinski definition) is 7. The molecule has 0 amide bonds. The maximum Gasteiger partial charge on any atom is 0.223 e. The molecule has 0 spiro atoms. The molecule has 1 aromatic carbocycles. The molecule has 0 atom stereocenters. The number of nitrogens with two attached hydrogens (primary N) is 2. The van der Waals surface area contributed by atoms with Crippen LogP contribution in [0, 0.1) is 0 Å². The van der Waals surface area contributed by atoms with Gasteiger partial charge in [0.2, 0.25) is 5.95 Å². The number of anilines is 3. The van der Waals surface area contributed by atoms with Gasteiger partial charge in [-0.2, -0.15) is 9.97 Å². The van der Waals surface area contributed by atoms with Crippen LogP contribution in [0.25, 0.3) is 0 Å². The molecule has 0 saturated carbocycles. The molecular weight excluding hydrogens is 258 g/mol. The Balaban J connectivity index is 2.14. The van der Waals surface area contributed by atoms with Crippen LogP contribution in [0.4, 0.5) is 17.6 Å². The molecule has 0 unspecified atom stereocenters. The third-order valence-electron chi connectivity index (χ3n) is 2.72. The number of nitrogen functional groups attached to an aromatic ring is 2. The van der Waals surface area contributed by atoms with Crippen molar-refractivity contribution in [1.29, 1.82) is 0 Å². The van der Waals surface area contributed by atoms with E-state index in [1.54, 1.807) is 20.3 Å². The fourth-order valence-corrected chi connectivity index (χ4v) is 1.76. The molecule has 0 fully saturated rings. The van der Waals surface area contributed by atoms with Crippen molar-refractivity contribution in [1.82, 2.24) is 9.97 Å². The summed E-state index contributed by atoms with van der Waals surface area (Å²) in [6.07, 6.45) is 0. The van der Waals surface area contributed by atoms with Crippen LogP contribution < -0.4 is 26.3 Å². The van der Waals surface area contributed by atoms with E-state index < -0.39 is 0 Å². The van der Waals surface area contributed by atoms with Crippen molar-refractivity contribution >= 4 is 17.6 Å². The largest absolute Gasteiger partial charge is 0.497 e. The van der Waals surface area contributed by atoms with Crippen LogP contribution in [0.2, 0.25) is 0 Å². The van der Waals surface area contributed by atoms with Gasteiger partial charge in [-0.25, -0.2) is 0 Å². The average Bonchev–Trinajstić information content (AvgIpc) is 2.44. The average molecular weight is 275 g/mol. The Kier molecular flexibility index (Phi) is 4.09. The second-order valence-electron chi connectivity index (χ2n) is 4.07. The first-order chi connectivity index (χ1) is 9.62. The zero-order chi connectivity index (χ0) is 14.5. The van der Waals surface area contributed by atoms with E-state index in [4.69, 9.17) is 20.9 Å². The Morgan fingerprint density at radius 3 is 2.55 bits per heavy atom. The fourth-order valence-electron chi connectivity index (χ4n) is 1.76. The topological polar surface area (TPSA) is 108 Å². The number of methoxy groups -OCH3 is 2. The van der Waals surface area contributed by atoms with Crippen LogP contribution in [0.5, 0.6) is 11.5 Å². The molecule has 0 saturated heterocycles. The molecule has 0 bridgehead atoms. The Hall–Kier alpha value is -2.70. The van der Waals surface area contributed by atoms with Gasteiger partial charge in [0.1, 0.15) is 23.1 Å². The minimum atomic E-state index is 0.134. The minimum Gasteiger partial charge on any atom is -0.497 e. The van der Waals surface area contributed by atoms with Gasteiger partial charge in [0.15, 0.2) is 0 Å². The van der Waals surface area contributed by atoms with E-state index in [9.17, 15) is 0 Å². The van der Waals surface area contributed by atoms with E-state index >= 15 is 0 Å². The highest BCUT2D eigenvalue weighted by Gasteiger charge is 2.06. The highest BCUT2D eigenvalue weighted by atomic mass is 16.5. The number of benzene rings is 1. The molecule has 106 valence electrons. The third kappa shape index (κ3) is 3.19. The number of ether oxygens (including phenoxy) is 2. The van der Waals surface area contributed by atoms with Crippen LogP contribution in [-0.4, -0.2) is 24.2 Å². The number of rotatable bonds is 5. The van der Waals surface area contributed by atoms with Crippen molar-refractivity contribution in [2.45, 2.75) is 6.54 Å². The Labute approximate surface area is 116 Å². The van der Waals surface area contributed by atoms with Gasteiger partial charge in [0.05, 0.1) is 14.2 Å². The number of hydrogen-bond donors (Lipinski definition) is 3. The smallest absolute Gasteiger partial charge is 0.223 e. The van der Waals surface area contributed by atoms with Crippen molar-refractivity contribution < 1.29 is 9.47 Å². The lowest BCUT2D eigenvalue weighted by Crippen LogP contribution is -2.07. The van der Waals surface area contributed by atoms with Gasteiger partial charge in [-0.1, -0.05) is 0 Å². The molecule has 20 heavy (non-hydrogen) atoms. The Morgan fingerprint density at radius 2 is 1.90 bits per heavy atom. The Morgan fingerprint density at radius 1 is 1.10 bits per heavy atom. The second kappa shape index (κ2) is 5.96. The first-order valence-corrected chi connectivity index (χ1v) is 5.97. The number of nitrogens with one attached hydrogen (secondary N) is 1. The maximum atomic E-state index is 5.61. The molecule has 7 heteroatoms. The standard InChI is InChI=1S/C13H17N5O2/c1-19-9-4-3-8(10(5-9)20-2)7-16-12-6-11(14)17-13(15)18-12/h3-6H,7H2,1-2H3,(H5,14,15,16,17,18). The molecule has 1 aromatic heterocycles. The van der Waals surface area contributed by atoms with Crippen LogP contribution in [-0.2, 0) is 6.54 Å². The predicted octanol–water partition coefficient (Wildman–Crippen LogP) is 1.27. The number of aromatic nitrogens is 2. The highest BCUT2D eigenvalue weighted by molar-refractivity contribution is 5.50. The molecule has 2 aromatic rings. The summed E-state index contributed by atoms with van der Waals surface area (Å²) in [4.78, 5) is 7.86. The normalized spacial score (nSPS) is 10.1. The second-order valence-corrected chi connectivity index (χ2v) is 4.07. The summed E-state index contributed by atoms with van der Waals surface area (Å²) >= 11 is 0. The molecule has 0 aliphatic rings. The van der Waals surface area contributed by atoms with Crippen LogP contribution in [0.3, 0.4) is 0 Å². The van der Waals surface area contributed by atoms with Crippen LogP contribution in [0.15, 0.2) is 24.3 Å². The number of nitrogens with zero attached hydrogens (tertiary/aromatic N) is 2. The summed E-state index contributed by atoms with van der Waals surface area (Å²) in [5, 5.41) is 3.12. The summed E-state index contributed by atoms with van der Waals surface area (Å²) in [6, 6.07) is 7.22. The molecule has 1 heterocycles. The van der Waals surface area contributed by atoms with Crippen molar-refractivity contribution in [3.8, 4) is 11.5 Å². The van der Waals surface area contributed by atoms with Gasteiger partial charge < -0.3 is 26.3 Å². The third-order valence-corrected chi connectivity index (χ3v) is 2.72. The zero-order valence-corrected chi connectivity index (χ0v) is 11.4. The lowest BCUT2D eigenvalue weighted by molar-refractivity contribution is 0.391. The molecule has 0 aliphatic heterocycles. The van der Waals surface area contributed by atoms with Gasteiger partial charge in [-0.15, -0.1) is 0 Å². The van der Waals surface area contributed by atoms with Crippen LogP contribution in [0.1, 0.15) is 5.56 Å². The molecule has 2 rings (SSSR count). The van der Waals surface area contributed by atoms with Gasteiger partial charge in [0.25, 0.3) is 0 Å². The molecule has 0 aliphatic carbocycles. The predicted molar refractivity (Wildman–Crippen MR) is 77.7 cm³/mol. The molecule has 7 nitrogen and oxygen atoms in total. The summed E-state index contributed by atoms with van der Waals surface area (Å²) in [6.45, 7) is 0.517.